The van der Waals surface area contributed by atoms with Crippen LogP contribution in [0.3, 0.4) is 0 Å². The lowest BCUT2D eigenvalue weighted by Crippen LogP contribution is -2.45. The monoisotopic (exact) mass is 532 g/mol. The van der Waals surface area contributed by atoms with Crippen molar-refractivity contribution in [3.8, 4) is 11.5 Å². The van der Waals surface area contributed by atoms with E-state index in [1.54, 1.807) is 72.8 Å². The van der Waals surface area contributed by atoms with E-state index in [4.69, 9.17) is 18.9 Å². The number of esters is 2. The van der Waals surface area contributed by atoms with Crippen LogP contribution in [0.1, 0.15) is 20.7 Å². The topological polar surface area (TPSA) is 71.1 Å². The first kappa shape index (κ1) is 20.4. The zero-order valence-corrected chi connectivity index (χ0v) is 18.5. The van der Waals surface area contributed by atoms with Gasteiger partial charge in [-0.05, 0) is 60.7 Å². The molecule has 30 heavy (non-hydrogen) atoms. The molecule has 0 saturated carbocycles. The second kappa shape index (κ2) is 8.89. The van der Waals surface area contributed by atoms with Gasteiger partial charge in [-0.15, -0.1) is 0 Å². The molecule has 4 rings (SSSR count). The molecular formula is C22H14Br2O6. The van der Waals surface area contributed by atoms with E-state index in [1.165, 1.54) is 0 Å². The number of rotatable bonds is 4. The van der Waals surface area contributed by atoms with E-state index in [1.807, 2.05) is 0 Å². The molecule has 0 amide bonds. The molecule has 0 bridgehead atoms. The maximum Gasteiger partial charge on any atom is 0.341 e. The van der Waals surface area contributed by atoms with Crippen molar-refractivity contribution < 1.29 is 28.5 Å². The molecule has 0 fully saturated rings. The Kier molecular flexibility index (Phi) is 6.06. The third kappa shape index (κ3) is 4.66. The summed E-state index contributed by atoms with van der Waals surface area (Å²) in [5.74, 6) is -0.524. The first-order valence-electron chi connectivity index (χ1n) is 8.85. The van der Waals surface area contributed by atoms with Crippen molar-refractivity contribution in [2.75, 3.05) is 0 Å². The van der Waals surface area contributed by atoms with Gasteiger partial charge >= 0.3 is 24.5 Å². The van der Waals surface area contributed by atoms with Crippen LogP contribution in [-0.2, 0) is 9.47 Å². The lowest BCUT2D eigenvalue weighted by Gasteiger charge is -2.32. The minimum absolute atomic E-state index is 0.318. The highest BCUT2D eigenvalue weighted by Gasteiger charge is 2.38. The largest absolute Gasteiger partial charge is 0.444 e. The fourth-order valence-corrected chi connectivity index (χ4v) is 3.21. The van der Waals surface area contributed by atoms with Gasteiger partial charge in [0.2, 0.25) is 0 Å². The van der Waals surface area contributed by atoms with E-state index < -0.39 is 24.5 Å². The Balaban J connectivity index is 1.55. The van der Waals surface area contributed by atoms with Crippen molar-refractivity contribution in [3.05, 3.63) is 92.9 Å². The fourth-order valence-electron chi connectivity index (χ4n) is 2.68. The summed E-state index contributed by atoms with van der Waals surface area (Å²) >= 11 is 6.63. The molecule has 0 radical (unpaired) electrons. The van der Waals surface area contributed by atoms with E-state index in [0.29, 0.717) is 22.6 Å². The number of ether oxygens (including phenoxy) is 4. The van der Waals surface area contributed by atoms with Gasteiger partial charge in [-0.3, -0.25) is 0 Å². The molecule has 152 valence electrons. The number of halogens is 2. The molecule has 1 aliphatic rings. The molecule has 3 aromatic carbocycles. The minimum Gasteiger partial charge on any atom is -0.444 e. The quantitative estimate of drug-likeness (QED) is 0.421. The van der Waals surface area contributed by atoms with Crippen LogP contribution in [0, 0.1) is 0 Å². The number of hydrogen-bond acceptors (Lipinski definition) is 6. The second-order valence-electron chi connectivity index (χ2n) is 6.24. The predicted molar refractivity (Wildman–Crippen MR) is 114 cm³/mol. The summed E-state index contributed by atoms with van der Waals surface area (Å²) in [6.07, 6.45) is -2.56. The summed E-state index contributed by atoms with van der Waals surface area (Å²) in [7, 11) is 0. The molecule has 0 unspecified atom stereocenters. The Morgan fingerprint density at radius 3 is 1.37 bits per heavy atom. The standard InChI is InChI=1S/C22H14Br2O6/c23-15-9-5-13(6-10-15)19(25)29-21-22(28-18-4-2-1-3-17(18)27-21)30-20(26)14-7-11-16(24)12-8-14/h1-12,21-22H/t21-,22+. The Bertz CT molecular complexity index is 979. The van der Waals surface area contributed by atoms with Crippen molar-refractivity contribution in [2.45, 2.75) is 12.6 Å². The van der Waals surface area contributed by atoms with Gasteiger partial charge in [-0.1, -0.05) is 44.0 Å². The Morgan fingerprint density at radius 2 is 1.00 bits per heavy atom. The molecule has 0 aromatic heterocycles. The maximum atomic E-state index is 12.6. The molecular weight excluding hydrogens is 520 g/mol. The van der Waals surface area contributed by atoms with E-state index in [9.17, 15) is 9.59 Å². The molecule has 2 atom stereocenters. The smallest absolute Gasteiger partial charge is 0.341 e. The van der Waals surface area contributed by atoms with Gasteiger partial charge in [0.05, 0.1) is 11.1 Å². The molecule has 0 saturated heterocycles. The van der Waals surface area contributed by atoms with Crippen LogP contribution >= 0.6 is 31.9 Å². The van der Waals surface area contributed by atoms with Crippen molar-refractivity contribution in [3.63, 3.8) is 0 Å². The number of carbonyl (C=O) groups is 2. The van der Waals surface area contributed by atoms with Crippen molar-refractivity contribution in [1.29, 1.82) is 0 Å². The number of hydrogen-bond donors (Lipinski definition) is 0. The van der Waals surface area contributed by atoms with Crippen LogP contribution in [0.5, 0.6) is 11.5 Å². The van der Waals surface area contributed by atoms with Gasteiger partial charge in [-0.25, -0.2) is 9.59 Å². The van der Waals surface area contributed by atoms with Gasteiger partial charge in [0.1, 0.15) is 0 Å². The lowest BCUT2D eigenvalue weighted by atomic mass is 10.2. The highest BCUT2D eigenvalue weighted by atomic mass is 79.9. The fraction of sp³-hybridized carbons (Fsp3) is 0.0909. The van der Waals surface area contributed by atoms with Crippen LogP contribution in [0.25, 0.3) is 0 Å². The predicted octanol–water partition coefficient (Wildman–Crippen LogP) is 5.35. The summed E-state index contributed by atoms with van der Waals surface area (Å²) in [6, 6.07) is 20.1. The van der Waals surface area contributed by atoms with Gasteiger partial charge in [0.15, 0.2) is 11.5 Å². The van der Waals surface area contributed by atoms with E-state index in [0.717, 1.165) is 8.95 Å². The molecule has 8 heteroatoms. The maximum absolute atomic E-state index is 12.6. The van der Waals surface area contributed by atoms with Crippen LogP contribution in [0.15, 0.2) is 81.7 Å². The second-order valence-corrected chi connectivity index (χ2v) is 8.07. The van der Waals surface area contributed by atoms with E-state index in [2.05, 4.69) is 31.9 Å². The summed E-state index contributed by atoms with van der Waals surface area (Å²) < 4.78 is 24.1. The summed E-state index contributed by atoms with van der Waals surface area (Å²) in [5, 5.41) is 0. The number of carbonyl (C=O) groups excluding carboxylic acids is 2. The normalized spacial score (nSPS) is 17.1. The van der Waals surface area contributed by atoms with E-state index in [-0.39, 0.29) is 0 Å². The van der Waals surface area contributed by atoms with Crippen LogP contribution in [0.4, 0.5) is 0 Å². The van der Waals surface area contributed by atoms with Crippen molar-refractivity contribution in [2.24, 2.45) is 0 Å². The average molecular weight is 534 g/mol. The summed E-state index contributed by atoms with van der Waals surface area (Å²) in [5.41, 5.74) is 0.636. The van der Waals surface area contributed by atoms with Gasteiger partial charge in [-0.2, -0.15) is 0 Å². The van der Waals surface area contributed by atoms with Gasteiger partial charge in [0, 0.05) is 8.95 Å². The van der Waals surface area contributed by atoms with Gasteiger partial charge < -0.3 is 18.9 Å². The molecule has 3 aromatic rings. The average Bonchev–Trinajstić information content (AvgIpc) is 2.75. The summed E-state index contributed by atoms with van der Waals surface area (Å²) in [4.78, 5) is 25.1. The minimum atomic E-state index is -1.28. The van der Waals surface area contributed by atoms with Crippen LogP contribution < -0.4 is 9.47 Å². The lowest BCUT2D eigenvalue weighted by molar-refractivity contribution is -0.200. The van der Waals surface area contributed by atoms with Crippen molar-refractivity contribution in [1.82, 2.24) is 0 Å². The zero-order chi connectivity index (χ0) is 21.1. The first-order chi connectivity index (χ1) is 14.5. The van der Waals surface area contributed by atoms with Crippen LogP contribution in [-0.4, -0.2) is 24.5 Å². The molecule has 1 heterocycles. The molecule has 6 nitrogen and oxygen atoms in total. The molecule has 1 aliphatic heterocycles. The SMILES string of the molecule is O=C(O[C@@H]1Oc2ccccc2O[C@@H]1OC(=O)c1ccc(Br)cc1)c1ccc(Br)cc1. The van der Waals surface area contributed by atoms with Crippen LogP contribution in [0.2, 0.25) is 0 Å². The Morgan fingerprint density at radius 1 is 0.633 bits per heavy atom. The molecule has 0 aliphatic carbocycles. The first-order valence-corrected chi connectivity index (χ1v) is 10.4. The highest BCUT2D eigenvalue weighted by molar-refractivity contribution is 9.10. The zero-order valence-electron chi connectivity index (χ0n) is 15.3. The highest BCUT2D eigenvalue weighted by Crippen LogP contribution is 2.34. The molecule has 0 spiro atoms. The third-order valence-electron chi connectivity index (χ3n) is 4.16. The number of fused-ring (bicyclic) bond motifs is 1. The van der Waals surface area contributed by atoms with Crippen molar-refractivity contribution >= 4 is 43.8 Å². The Labute approximate surface area is 189 Å². The summed E-state index contributed by atoms with van der Waals surface area (Å²) in [6.45, 7) is 0. The number of benzene rings is 3. The number of para-hydroxylation sites is 2. The van der Waals surface area contributed by atoms with Gasteiger partial charge in [0.25, 0.3) is 0 Å². The van der Waals surface area contributed by atoms with E-state index >= 15 is 0 Å². The third-order valence-corrected chi connectivity index (χ3v) is 5.22. The Hall–Kier alpha value is -2.84. The molecule has 0 N–H and O–H groups in total.